The zero-order valence-electron chi connectivity index (χ0n) is 15.4. The molecule has 1 amide bonds. The fourth-order valence-electron chi connectivity index (χ4n) is 3.33. The Labute approximate surface area is 169 Å². The molecule has 0 bridgehead atoms. The first-order valence-corrected chi connectivity index (χ1v) is 11.7. The molecule has 8 heteroatoms. The Balaban J connectivity index is 1.54. The molecule has 2 aliphatic rings. The van der Waals surface area contributed by atoms with Crippen molar-refractivity contribution in [2.75, 3.05) is 28.3 Å². The number of para-hydroxylation sites is 1. The Kier molecular flexibility index (Phi) is 5.16. The molecule has 0 aromatic heterocycles. The summed E-state index contributed by atoms with van der Waals surface area (Å²) in [5, 5.41) is 3.56. The second kappa shape index (κ2) is 7.60. The average Bonchev–Trinajstić information content (AvgIpc) is 3.16. The van der Waals surface area contributed by atoms with Crippen molar-refractivity contribution >= 4 is 44.0 Å². The van der Waals surface area contributed by atoms with Gasteiger partial charge < -0.3 is 10.2 Å². The monoisotopic (exact) mass is 415 g/mol. The molecule has 1 saturated heterocycles. The third-order valence-corrected chi connectivity index (χ3v) is 7.99. The van der Waals surface area contributed by atoms with Crippen LogP contribution in [0.25, 0.3) is 0 Å². The fraction of sp³-hybridized carbons (Fsp3) is 0.300. The summed E-state index contributed by atoms with van der Waals surface area (Å²) in [7, 11) is -3.01. The van der Waals surface area contributed by atoms with Crippen molar-refractivity contribution in [2.24, 2.45) is 4.99 Å². The van der Waals surface area contributed by atoms with Gasteiger partial charge in [-0.25, -0.2) is 8.42 Å². The van der Waals surface area contributed by atoms with Crippen LogP contribution in [0.3, 0.4) is 0 Å². The summed E-state index contributed by atoms with van der Waals surface area (Å²) in [5.41, 5.74) is 2.73. The highest BCUT2D eigenvalue weighted by atomic mass is 32.2. The minimum Gasteiger partial charge on any atom is -0.325 e. The Bertz CT molecular complexity index is 1000. The lowest BCUT2D eigenvalue weighted by molar-refractivity contribution is -0.114. The zero-order valence-corrected chi connectivity index (χ0v) is 17.0. The molecule has 4 rings (SSSR count). The number of aryl methyl sites for hydroxylation is 1. The van der Waals surface area contributed by atoms with E-state index in [2.05, 4.69) is 10.3 Å². The minimum atomic E-state index is -3.01. The van der Waals surface area contributed by atoms with Crippen LogP contribution in [-0.4, -0.2) is 48.8 Å². The van der Waals surface area contributed by atoms with E-state index in [1.807, 2.05) is 66.4 Å². The van der Waals surface area contributed by atoms with E-state index in [0.717, 1.165) is 16.9 Å². The number of benzene rings is 2. The van der Waals surface area contributed by atoms with Crippen molar-refractivity contribution in [3.63, 3.8) is 0 Å². The van der Waals surface area contributed by atoms with Gasteiger partial charge >= 0.3 is 0 Å². The van der Waals surface area contributed by atoms with Crippen LogP contribution < -0.4 is 10.2 Å². The summed E-state index contributed by atoms with van der Waals surface area (Å²) in [6.07, 6.45) is 0. The highest BCUT2D eigenvalue weighted by Gasteiger charge is 2.44. The molecule has 0 aliphatic carbocycles. The Morgan fingerprint density at radius 3 is 2.54 bits per heavy atom. The maximum absolute atomic E-state index is 12.7. The van der Waals surface area contributed by atoms with Crippen molar-refractivity contribution < 1.29 is 13.2 Å². The van der Waals surface area contributed by atoms with E-state index in [-0.39, 0.29) is 35.2 Å². The second-order valence-electron chi connectivity index (χ2n) is 7.05. The summed E-state index contributed by atoms with van der Waals surface area (Å²) in [5.74, 6) is 0.0839. The molecule has 2 aliphatic heterocycles. The Hall–Kier alpha value is -2.32. The van der Waals surface area contributed by atoms with E-state index in [0.29, 0.717) is 5.17 Å². The number of anilines is 2. The molecule has 6 nitrogen and oxygen atoms in total. The third kappa shape index (κ3) is 4.23. The molecule has 2 aromatic carbocycles. The molecule has 146 valence electrons. The molecule has 2 atom stereocenters. The quantitative estimate of drug-likeness (QED) is 0.831. The predicted octanol–water partition coefficient (Wildman–Crippen LogP) is 2.71. The van der Waals surface area contributed by atoms with Gasteiger partial charge in [-0.15, -0.1) is 0 Å². The van der Waals surface area contributed by atoms with Crippen LogP contribution in [0.5, 0.6) is 0 Å². The molecule has 2 aromatic rings. The normalized spacial score (nSPS) is 22.4. The van der Waals surface area contributed by atoms with Gasteiger partial charge in [0.1, 0.15) is 6.54 Å². The number of hydrogen-bond donors (Lipinski definition) is 1. The zero-order chi connectivity index (χ0) is 19.7. The van der Waals surface area contributed by atoms with Gasteiger partial charge in [-0.2, -0.15) is 0 Å². The van der Waals surface area contributed by atoms with Gasteiger partial charge in [-0.3, -0.25) is 9.79 Å². The van der Waals surface area contributed by atoms with Crippen LogP contribution in [0.4, 0.5) is 11.4 Å². The van der Waals surface area contributed by atoms with E-state index in [1.54, 1.807) is 0 Å². The van der Waals surface area contributed by atoms with Gasteiger partial charge in [0.05, 0.1) is 17.5 Å². The lowest BCUT2D eigenvalue weighted by Crippen LogP contribution is -2.36. The van der Waals surface area contributed by atoms with E-state index < -0.39 is 9.84 Å². The van der Waals surface area contributed by atoms with E-state index in [9.17, 15) is 13.2 Å². The first-order valence-electron chi connectivity index (χ1n) is 9.04. The molecule has 28 heavy (non-hydrogen) atoms. The largest absolute Gasteiger partial charge is 0.325 e. The number of carbonyl (C=O) groups is 1. The summed E-state index contributed by atoms with van der Waals surface area (Å²) in [6.45, 7) is 2.10. The highest BCUT2D eigenvalue weighted by molar-refractivity contribution is 8.15. The van der Waals surface area contributed by atoms with Gasteiger partial charge in [0.25, 0.3) is 0 Å². The summed E-state index contributed by atoms with van der Waals surface area (Å²) >= 11 is 1.45. The molecule has 0 unspecified atom stereocenters. The number of nitrogens with one attached hydrogen (secondary N) is 1. The molecular weight excluding hydrogens is 394 g/mol. The van der Waals surface area contributed by atoms with Crippen molar-refractivity contribution in [2.45, 2.75) is 18.2 Å². The predicted molar refractivity (Wildman–Crippen MR) is 115 cm³/mol. The van der Waals surface area contributed by atoms with Crippen LogP contribution in [0.2, 0.25) is 0 Å². The number of sulfone groups is 1. The number of fused-ring (bicyclic) bond motifs is 1. The lowest BCUT2D eigenvalue weighted by atomic mass is 10.2. The van der Waals surface area contributed by atoms with Crippen LogP contribution in [-0.2, 0) is 14.6 Å². The molecule has 0 radical (unpaired) electrons. The standard InChI is InChI=1S/C20H21N3O3S2/c1-14-7-9-15(10-8-14)21-19(24)11-23(16-5-3-2-4-6-16)20-22-17-12-28(25,26)13-18(17)27-20/h2-10,17-18H,11-13H2,1H3,(H,21,24)/t17-,18-/m1/s1. The molecule has 0 saturated carbocycles. The van der Waals surface area contributed by atoms with Gasteiger partial charge in [-0.05, 0) is 31.2 Å². The molecule has 1 N–H and O–H groups in total. The number of thioether (sulfide) groups is 1. The topological polar surface area (TPSA) is 78.8 Å². The molecule has 0 spiro atoms. The van der Waals surface area contributed by atoms with Crippen molar-refractivity contribution in [3.05, 3.63) is 60.2 Å². The van der Waals surface area contributed by atoms with Gasteiger partial charge in [0.2, 0.25) is 5.91 Å². The van der Waals surface area contributed by atoms with E-state index >= 15 is 0 Å². The maximum atomic E-state index is 12.7. The summed E-state index contributed by atoms with van der Waals surface area (Å²) in [4.78, 5) is 19.2. The molecule has 2 heterocycles. The van der Waals surface area contributed by atoms with Gasteiger partial charge in [-0.1, -0.05) is 47.7 Å². The maximum Gasteiger partial charge on any atom is 0.244 e. The van der Waals surface area contributed by atoms with Crippen molar-refractivity contribution in [1.82, 2.24) is 0 Å². The average molecular weight is 416 g/mol. The lowest BCUT2D eigenvalue weighted by Gasteiger charge is -2.24. The van der Waals surface area contributed by atoms with Crippen molar-refractivity contribution in [1.29, 1.82) is 0 Å². The Morgan fingerprint density at radius 1 is 1.14 bits per heavy atom. The molecule has 1 fully saturated rings. The van der Waals surface area contributed by atoms with E-state index in [4.69, 9.17) is 0 Å². The first-order chi connectivity index (χ1) is 13.4. The highest BCUT2D eigenvalue weighted by Crippen LogP contribution is 2.36. The number of carbonyl (C=O) groups excluding carboxylic acids is 1. The van der Waals surface area contributed by atoms with Crippen LogP contribution in [0.15, 0.2) is 59.6 Å². The number of aliphatic imine (C=N–C) groups is 1. The SMILES string of the molecule is Cc1ccc(NC(=O)CN(C2=N[C@@H]3CS(=O)(=O)C[C@H]3S2)c2ccccc2)cc1. The first kappa shape index (κ1) is 19.0. The van der Waals surface area contributed by atoms with Gasteiger partial charge in [0, 0.05) is 16.6 Å². The number of amides is 1. The fourth-order valence-corrected chi connectivity index (χ4v) is 7.11. The number of hydrogen-bond acceptors (Lipinski definition) is 6. The smallest absolute Gasteiger partial charge is 0.244 e. The minimum absolute atomic E-state index is 0.0635. The van der Waals surface area contributed by atoms with Gasteiger partial charge in [0.15, 0.2) is 15.0 Å². The number of amidine groups is 1. The summed E-state index contributed by atoms with van der Waals surface area (Å²) in [6, 6.07) is 17.0. The van der Waals surface area contributed by atoms with Crippen LogP contribution >= 0.6 is 11.8 Å². The summed E-state index contributed by atoms with van der Waals surface area (Å²) < 4.78 is 23.7. The van der Waals surface area contributed by atoms with E-state index in [1.165, 1.54) is 11.8 Å². The number of nitrogens with zero attached hydrogens (tertiary/aromatic N) is 2. The third-order valence-electron chi connectivity index (χ3n) is 4.74. The Morgan fingerprint density at radius 2 is 1.86 bits per heavy atom. The second-order valence-corrected chi connectivity index (χ2v) is 10.4. The van der Waals surface area contributed by atoms with Crippen molar-refractivity contribution in [3.8, 4) is 0 Å². The van der Waals surface area contributed by atoms with Crippen LogP contribution in [0.1, 0.15) is 5.56 Å². The number of rotatable bonds is 4. The molecular formula is C20H21N3O3S2. The van der Waals surface area contributed by atoms with Crippen LogP contribution in [0, 0.1) is 6.92 Å².